The third-order valence-corrected chi connectivity index (χ3v) is 6.83. The van der Waals surface area contributed by atoms with Crippen molar-refractivity contribution in [1.29, 1.82) is 0 Å². The van der Waals surface area contributed by atoms with Crippen LogP contribution in [-0.2, 0) is 16.1 Å². The molecule has 1 aromatic heterocycles. The lowest BCUT2D eigenvalue weighted by molar-refractivity contribution is -0.122. The number of rotatable bonds is 6. The van der Waals surface area contributed by atoms with Crippen molar-refractivity contribution in [3.63, 3.8) is 0 Å². The predicted octanol–water partition coefficient (Wildman–Crippen LogP) is 5.67. The maximum absolute atomic E-state index is 13.1. The standard InChI is InChI=1S/C26H24N2O3S2/c1-4-31-25(30)20-10-12-22(13-11-20)28-17(2)14-21(18(28)3)15-23-24(29)27(26(32)33-23)16-19-8-6-5-7-9-19/h5-15H,4,16H2,1-3H3/b23-15+. The van der Waals surface area contributed by atoms with E-state index in [-0.39, 0.29) is 11.9 Å². The van der Waals surface area contributed by atoms with Gasteiger partial charge in [-0.15, -0.1) is 0 Å². The molecule has 3 aromatic rings. The first kappa shape index (κ1) is 23.0. The summed E-state index contributed by atoms with van der Waals surface area (Å²) in [5.41, 5.74) is 5.49. The summed E-state index contributed by atoms with van der Waals surface area (Å²) in [5, 5.41) is 0. The molecule has 0 atom stereocenters. The predicted molar refractivity (Wildman–Crippen MR) is 136 cm³/mol. The number of carbonyl (C=O) groups is 2. The Kier molecular flexibility index (Phi) is 6.81. The first-order valence-corrected chi connectivity index (χ1v) is 11.9. The van der Waals surface area contributed by atoms with E-state index in [2.05, 4.69) is 10.6 Å². The molecule has 0 aliphatic carbocycles. The molecule has 5 nitrogen and oxygen atoms in total. The summed E-state index contributed by atoms with van der Waals surface area (Å²) in [6.07, 6.45) is 1.91. The number of amides is 1. The van der Waals surface area contributed by atoms with Crippen molar-refractivity contribution in [2.75, 3.05) is 6.61 Å². The number of thioether (sulfide) groups is 1. The second-order valence-electron chi connectivity index (χ2n) is 7.68. The molecular weight excluding hydrogens is 452 g/mol. The van der Waals surface area contributed by atoms with Crippen LogP contribution < -0.4 is 0 Å². The van der Waals surface area contributed by atoms with Crippen molar-refractivity contribution in [3.8, 4) is 5.69 Å². The minimum Gasteiger partial charge on any atom is -0.462 e. The highest BCUT2D eigenvalue weighted by Gasteiger charge is 2.32. The van der Waals surface area contributed by atoms with Crippen molar-refractivity contribution >= 4 is 46.3 Å². The van der Waals surface area contributed by atoms with Gasteiger partial charge in [-0.25, -0.2) is 4.79 Å². The SMILES string of the molecule is CCOC(=O)c1ccc(-n2c(C)cc(/C=C3/SC(=S)N(Cc4ccccc4)C3=O)c2C)cc1. The summed E-state index contributed by atoms with van der Waals surface area (Å²) in [4.78, 5) is 27.3. The van der Waals surface area contributed by atoms with Crippen LogP contribution in [0.5, 0.6) is 0 Å². The smallest absolute Gasteiger partial charge is 0.338 e. The van der Waals surface area contributed by atoms with E-state index < -0.39 is 0 Å². The zero-order valence-electron chi connectivity index (χ0n) is 18.7. The van der Waals surface area contributed by atoms with E-state index in [1.54, 1.807) is 24.0 Å². The molecule has 2 heterocycles. The van der Waals surface area contributed by atoms with Crippen LogP contribution in [0.3, 0.4) is 0 Å². The molecular formula is C26H24N2O3S2. The minimum absolute atomic E-state index is 0.0718. The van der Waals surface area contributed by atoms with Crippen molar-refractivity contribution in [2.45, 2.75) is 27.3 Å². The van der Waals surface area contributed by atoms with Crippen LogP contribution >= 0.6 is 24.0 Å². The quantitative estimate of drug-likeness (QED) is 0.261. The number of nitrogens with zero attached hydrogens (tertiary/aromatic N) is 2. The second-order valence-corrected chi connectivity index (χ2v) is 9.36. The number of ether oxygens (including phenoxy) is 1. The third-order valence-electron chi connectivity index (χ3n) is 5.45. The summed E-state index contributed by atoms with van der Waals surface area (Å²) in [5.74, 6) is -0.402. The molecule has 0 radical (unpaired) electrons. The van der Waals surface area contributed by atoms with E-state index in [9.17, 15) is 9.59 Å². The summed E-state index contributed by atoms with van der Waals surface area (Å²) in [6.45, 7) is 6.63. The van der Waals surface area contributed by atoms with Crippen LogP contribution in [0.25, 0.3) is 11.8 Å². The van der Waals surface area contributed by atoms with Gasteiger partial charge in [-0.05, 0) is 68.3 Å². The molecule has 0 spiro atoms. The largest absolute Gasteiger partial charge is 0.462 e. The zero-order valence-corrected chi connectivity index (χ0v) is 20.3. The second kappa shape index (κ2) is 9.77. The molecule has 4 rings (SSSR count). The molecule has 33 heavy (non-hydrogen) atoms. The Bertz CT molecular complexity index is 1240. The number of aryl methyl sites for hydroxylation is 1. The van der Waals surface area contributed by atoms with Crippen molar-refractivity contribution in [2.24, 2.45) is 0 Å². The zero-order chi connectivity index (χ0) is 23.5. The van der Waals surface area contributed by atoms with Crippen LogP contribution in [0.15, 0.2) is 65.6 Å². The van der Waals surface area contributed by atoms with Crippen LogP contribution in [0.2, 0.25) is 0 Å². The van der Waals surface area contributed by atoms with Gasteiger partial charge in [-0.3, -0.25) is 9.69 Å². The van der Waals surface area contributed by atoms with Crippen LogP contribution in [0.4, 0.5) is 0 Å². The molecule has 0 unspecified atom stereocenters. The summed E-state index contributed by atoms with van der Waals surface area (Å²) in [7, 11) is 0. The number of benzene rings is 2. The van der Waals surface area contributed by atoms with E-state index in [0.29, 0.717) is 27.9 Å². The number of hydrogen-bond donors (Lipinski definition) is 0. The summed E-state index contributed by atoms with van der Waals surface area (Å²) in [6, 6.07) is 19.2. The third kappa shape index (κ3) is 4.79. The Morgan fingerprint density at radius 3 is 2.45 bits per heavy atom. The first-order chi connectivity index (χ1) is 15.9. The Morgan fingerprint density at radius 2 is 1.79 bits per heavy atom. The number of thiocarbonyl (C=S) groups is 1. The lowest BCUT2D eigenvalue weighted by atomic mass is 10.2. The molecule has 0 N–H and O–H groups in total. The molecule has 168 valence electrons. The molecule has 0 saturated carbocycles. The van der Waals surface area contributed by atoms with Crippen LogP contribution in [-0.4, -0.2) is 32.3 Å². The molecule has 1 amide bonds. The van der Waals surface area contributed by atoms with E-state index in [1.165, 1.54) is 11.8 Å². The fourth-order valence-electron chi connectivity index (χ4n) is 3.84. The van der Waals surface area contributed by atoms with Gasteiger partial charge in [0.05, 0.1) is 23.6 Å². The highest BCUT2D eigenvalue weighted by atomic mass is 32.2. The average Bonchev–Trinajstić information content (AvgIpc) is 3.24. The normalized spacial score (nSPS) is 14.9. The molecule has 1 fully saturated rings. The lowest BCUT2D eigenvalue weighted by Crippen LogP contribution is -2.27. The van der Waals surface area contributed by atoms with Crippen molar-refractivity contribution < 1.29 is 14.3 Å². The van der Waals surface area contributed by atoms with Gasteiger partial charge in [0.2, 0.25) is 0 Å². The minimum atomic E-state index is -0.330. The van der Waals surface area contributed by atoms with Gasteiger partial charge in [-0.1, -0.05) is 54.3 Å². The molecule has 1 aliphatic rings. The van der Waals surface area contributed by atoms with Gasteiger partial charge in [0.15, 0.2) is 0 Å². The lowest BCUT2D eigenvalue weighted by Gasteiger charge is -2.14. The number of carbonyl (C=O) groups excluding carboxylic acids is 2. The molecule has 2 aromatic carbocycles. The van der Waals surface area contributed by atoms with Gasteiger partial charge in [0, 0.05) is 17.1 Å². The summed E-state index contributed by atoms with van der Waals surface area (Å²) >= 11 is 6.82. The maximum atomic E-state index is 13.1. The van der Waals surface area contributed by atoms with Gasteiger partial charge in [-0.2, -0.15) is 0 Å². The molecule has 1 saturated heterocycles. The fourth-order valence-corrected chi connectivity index (χ4v) is 5.08. The monoisotopic (exact) mass is 476 g/mol. The maximum Gasteiger partial charge on any atom is 0.338 e. The average molecular weight is 477 g/mol. The Labute approximate surface area is 203 Å². The highest BCUT2D eigenvalue weighted by molar-refractivity contribution is 8.26. The number of esters is 1. The Morgan fingerprint density at radius 1 is 1.09 bits per heavy atom. The number of hydrogen-bond acceptors (Lipinski definition) is 5. The Balaban J connectivity index is 1.59. The van der Waals surface area contributed by atoms with Crippen molar-refractivity contribution in [1.82, 2.24) is 9.47 Å². The van der Waals surface area contributed by atoms with Gasteiger partial charge >= 0.3 is 5.97 Å². The first-order valence-electron chi connectivity index (χ1n) is 10.6. The molecule has 0 bridgehead atoms. The highest BCUT2D eigenvalue weighted by Crippen LogP contribution is 2.35. The molecule has 1 aliphatic heterocycles. The van der Waals surface area contributed by atoms with E-state index >= 15 is 0 Å². The Hall–Kier alpha value is -3.16. The number of aromatic nitrogens is 1. The van der Waals surface area contributed by atoms with Gasteiger partial charge in [0.1, 0.15) is 4.32 Å². The van der Waals surface area contributed by atoms with Gasteiger partial charge in [0.25, 0.3) is 5.91 Å². The molecule has 7 heteroatoms. The topological polar surface area (TPSA) is 51.5 Å². The summed E-state index contributed by atoms with van der Waals surface area (Å²) < 4.78 is 7.73. The van der Waals surface area contributed by atoms with E-state index in [0.717, 1.165) is 28.2 Å². The van der Waals surface area contributed by atoms with Crippen LogP contribution in [0, 0.1) is 13.8 Å². The van der Waals surface area contributed by atoms with Crippen molar-refractivity contribution in [3.05, 3.63) is 93.6 Å². The van der Waals surface area contributed by atoms with Gasteiger partial charge < -0.3 is 9.30 Å². The van der Waals surface area contributed by atoms with E-state index in [4.69, 9.17) is 17.0 Å². The van der Waals surface area contributed by atoms with E-state index in [1.807, 2.05) is 62.4 Å². The van der Waals surface area contributed by atoms with Crippen LogP contribution in [0.1, 0.15) is 39.8 Å². The fraction of sp³-hybridized carbons (Fsp3) is 0.192.